The molecule has 68 valence electrons. The van der Waals surface area contributed by atoms with E-state index in [9.17, 15) is 0 Å². The molecule has 0 aromatic carbocycles. The molecule has 0 saturated heterocycles. The first-order valence-electron chi connectivity index (χ1n) is 4.96. The van der Waals surface area contributed by atoms with Gasteiger partial charge in [-0.25, -0.2) is 0 Å². The second-order valence-corrected chi connectivity index (χ2v) is 4.81. The molecule has 3 aliphatic carbocycles. The Morgan fingerprint density at radius 3 is 2.83 bits per heavy atom. The van der Waals surface area contributed by atoms with E-state index in [-0.39, 0.29) is 6.61 Å². The molecule has 1 N–H and O–H groups in total. The Labute approximate surface area is 74.5 Å². The van der Waals surface area contributed by atoms with Gasteiger partial charge in [0, 0.05) is 0 Å². The van der Waals surface area contributed by atoms with Crippen LogP contribution in [0.1, 0.15) is 33.1 Å². The fraction of sp³-hybridized carbons (Fsp3) is 0.818. The average molecular weight is 166 g/mol. The number of rotatable bonds is 1. The first kappa shape index (κ1) is 8.31. The highest BCUT2D eigenvalue weighted by molar-refractivity contribution is 5.21. The van der Waals surface area contributed by atoms with Gasteiger partial charge in [0.05, 0.1) is 6.61 Å². The molecular formula is C11H18O. The van der Waals surface area contributed by atoms with Gasteiger partial charge in [-0.05, 0) is 36.5 Å². The highest BCUT2D eigenvalue weighted by atomic mass is 16.2. The van der Waals surface area contributed by atoms with E-state index in [1.54, 1.807) is 0 Å². The van der Waals surface area contributed by atoms with Gasteiger partial charge in [-0.15, -0.1) is 0 Å². The summed E-state index contributed by atoms with van der Waals surface area (Å²) >= 11 is 0. The van der Waals surface area contributed by atoms with Crippen LogP contribution in [0.2, 0.25) is 0 Å². The molecule has 2 unspecified atom stereocenters. The van der Waals surface area contributed by atoms with Crippen LogP contribution in [-0.4, -0.2) is 11.7 Å². The number of hydrogen-bond acceptors (Lipinski definition) is 1. The van der Waals surface area contributed by atoms with Gasteiger partial charge in [-0.1, -0.05) is 25.5 Å². The van der Waals surface area contributed by atoms with Crippen LogP contribution in [-0.2, 0) is 0 Å². The molecule has 0 spiro atoms. The van der Waals surface area contributed by atoms with E-state index in [2.05, 4.69) is 13.8 Å². The molecule has 0 heterocycles. The molecule has 0 aromatic rings. The second kappa shape index (κ2) is 2.59. The summed E-state index contributed by atoms with van der Waals surface area (Å²) in [5.41, 5.74) is 2.05. The molecule has 3 fully saturated rings. The van der Waals surface area contributed by atoms with Gasteiger partial charge in [-0.2, -0.15) is 0 Å². The maximum absolute atomic E-state index is 8.85. The quantitative estimate of drug-likeness (QED) is 0.593. The van der Waals surface area contributed by atoms with Crippen LogP contribution in [0.5, 0.6) is 0 Å². The summed E-state index contributed by atoms with van der Waals surface area (Å²) in [4.78, 5) is 0. The van der Waals surface area contributed by atoms with Crippen LogP contribution < -0.4 is 0 Å². The highest BCUT2D eigenvalue weighted by Crippen LogP contribution is 2.61. The van der Waals surface area contributed by atoms with Crippen LogP contribution in [0.15, 0.2) is 11.6 Å². The molecule has 0 radical (unpaired) electrons. The van der Waals surface area contributed by atoms with Crippen LogP contribution in [0.25, 0.3) is 0 Å². The van der Waals surface area contributed by atoms with Gasteiger partial charge in [-0.3, -0.25) is 0 Å². The third-order valence-corrected chi connectivity index (χ3v) is 4.05. The molecule has 0 aliphatic heterocycles. The van der Waals surface area contributed by atoms with Crippen LogP contribution in [0, 0.1) is 17.3 Å². The Kier molecular flexibility index (Phi) is 1.80. The summed E-state index contributed by atoms with van der Waals surface area (Å²) in [6, 6.07) is 0. The molecule has 12 heavy (non-hydrogen) atoms. The van der Waals surface area contributed by atoms with Crippen molar-refractivity contribution >= 4 is 0 Å². The van der Waals surface area contributed by atoms with E-state index in [0.29, 0.717) is 5.41 Å². The molecule has 1 nitrogen and oxygen atoms in total. The molecule has 3 aliphatic rings. The molecule has 3 rings (SSSR count). The van der Waals surface area contributed by atoms with Gasteiger partial charge in [0.1, 0.15) is 0 Å². The third-order valence-electron chi connectivity index (χ3n) is 4.05. The Morgan fingerprint density at radius 1 is 1.58 bits per heavy atom. The van der Waals surface area contributed by atoms with Crippen molar-refractivity contribution in [1.29, 1.82) is 0 Å². The van der Waals surface area contributed by atoms with Crippen LogP contribution in [0.3, 0.4) is 0 Å². The molecule has 1 heteroatoms. The Hall–Kier alpha value is -0.300. The van der Waals surface area contributed by atoms with E-state index in [1.165, 1.54) is 24.8 Å². The van der Waals surface area contributed by atoms with Crippen molar-refractivity contribution in [2.75, 3.05) is 6.61 Å². The van der Waals surface area contributed by atoms with E-state index in [1.807, 2.05) is 6.08 Å². The lowest BCUT2D eigenvalue weighted by molar-refractivity contribution is -0.0282. The lowest BCUT2D eigenvalue weighted by Crippen LogP contribution is -2.49. The number of hydrogen-bond donors (Lipinski definition) is 1. The summed E-state index contributed by atoms with van der Waals surface area (Å²) in [7, 11) is 0. The minimum absolute atomic E-state index is 0.229. The van der Waals surface area contributed by atoms with E-state index in [4.69, 9.17) is 5.11 Å². The molecule has 2 atom stereocenters. The summed E-state index contributed by atoms with van der Waals surface area (Å²) in [6.45, 7) is 4.97. The first-order valence-corrected chi connectivity index (χ1v) is 4.96. The van der Waals surface area contributed by atoms with Gasteiger partial charge in [0.25, 0.3) is 0 Å². The third kappa shape index (κ3) is 0.957. The minimum atomic E-state index is 0.229. The van der Waals surface area contributed by atoms with Crippen molar-refractivity contribution in [3.63, 3.8) is 0 Å². The highest BCUT2D eigenvalue weighted by Gasteiger charge is 2.51. The number of allylic oxidation sites excluding steroid dienone is 1. The predicted octanol–water partition coefficient (Wildman–Crippen LogP) is 2.36. The Morgan fingerprint density at radius 2 is 2.33 bits per heavy atom. The maximum Gasteiger partial charge on any atom is 0.0615 e. The number of aliphatic hydroxyl groups is 1. The van der Waals surface area contributed by atoms with E-state index >= 15 is 0 Å². The zero-order chi connectivity index (χ0) is 8.77. The zero-order valence-corrected chi connectivity index (χ0v) is 8.01. The van der Waals surface area contributed by atoms with Crippen molar-refractivity contribution in [1.82, 2.24) is 0 Å². The standard InChI is InChI=1S/C11H18O/c1-11(2)9-4-3-8(5-6-12)10(11)7-9/h5,9-10,12H,3-4,6-7H2,1-2H3. The summed E-state index contributed by atoms with van der Waals surface area (Å²) < 4.78 is 0. The van der Waals surface area contributed by atoms with Gasteiger partial charge in [0.15, 0.2) is 0 Å². The molecule has 0 amide bonds. The lowest BCUT2D eigenvalue weighted by atomic mass is 9.47. The molecule has 2 bridgehead atoms. The maximum atomic E-state index is 8.85. The largest absolute Gasteiger partial charge is 0.392 e. The molecule has 3 saturated carbocycles. The summed E-state index contributed by atoms with van der Waals surface area (Å²) in [5.74, 6) is 1.74. The van der Waals surface area contributed by atoms with E-state index in [0.717, 1.165) is 11.8 Å². The van der Waals surface area contributed by atoms with E-state index < -0.39 is 0 Å². The minimum Gasteiger partial charge on any atom is -0.392 e. The zero-order valence-electron chi connectivity index (χ0n) is 8.01. The van der Waals surface area contributed by atoms with Crippen LogP contribution >= 0.6 is 0 Å². The number of fused-ring (bicyclic) bond motifs is 2. The van der Waals surface area contributed by atoms with Gasteiger partial charge in [0.2, 0.25) is 0 Å². The monoisotopic (exact) mass is 166 g/mol. The molecule has 0 aromatic heterocycles. The second-order valence-electron chi connectivity index (χ2n) is 4.81. The number of aliphatic hydroxyl groups excluding tert-OH is 1. The topological polar surface area (TPSA) is 20.2 Å². The summed E-state index contributed by atoms with van der Waals surface area (Å²) in [6.07, 6.45) is 5.98. The van der Waals surface area contributed by atoms with Crippen molar-refractivity contribution in [2.45, 2.75) is 33.1 Å². The van der Waals surface area contributed by atoms with Crippen molar-refractivity contribution in [3.8, 4) is 0 Å². The lowest BCUT2D eigenvalue weighted by Gasteiger charge is -2.57. The smallest absolute Gasteiger partial charge is 0.0615 e. The van der Waals surface area contributed by atoms with Crippen molar-refractivity contribution in [3.05, 3.63) is 11.6 Å². The first-order chi connectivity index (χ1) is 5.66. The van der Waals surface area contributed by atoms with Crippen molar-refractivity contribution in [2.24, 2.45) is 17.3 Å². The Balaban J connectivity index is 2.16. The van der Waals surface area contributed by atoms with Gasteiger partial charge >= 0.3 is 0 Å². The Bertz CT molecular complexity index is 213. The fourth-order valence-electron chi connectivity index (χ4n) is 3.01. The fourth-order valence-corrected chi connectivity index (χ4v) is 3.01. The average Bonchev–Trinajstić information content (AvgIpc) is 2.05. The summed E-state index contributed by atoms with van der Waals surface area (Å²) in [5, 5.41) is 8.85. The van der Waals surface area contributed by atoms with Crippen LogP contribution in [0.4, 0.5) is 0 Å². The SMILES string of the molecule is CC1(C)C2CCC(=CCO)C1C2. The normalized spacial score (nSPS) is 41.1. The van der Waals surface area contributed by atoms with Gasteiger partial charge < -0.3 is 5.11 Å². The predicted molar refractivity (Wildman–Crippen MR) is 49.8 cm³/mol. The van der Waals surface area contributed by atoms with Crippen molar-refractivity contribution < 1.29 is 5.11 Å². The molecular weight excluding hydrogens is 148 g/mol.